The van der Waals surface area contributed by atoms with Gasteiger partial charge in [0.05, 0.1) is 27.9 Å². The van der Waals surface area contributed by atoms with E-state index in [4.69, 9.17) is 14.2 Å². The maximum absolute atomic E-state index is 9.58. The molecule has 0 fully saturated rings. The lowest BCUT2D eigenvalue weighted by Crippen LogP contribution is -2.02. The molecule has 0 aliphatic heterocycles. The zero-order chi connectivity index (χ0) is 17.4. The third kappa shape index (κ3) is 4.42. The molecule has 0 amide bonds. The van der Waals surface area contributed by atoms with E-state index in [-0.39, 0.29) is 6.61 Å². The molecule has 0 aliphatic rings. The number of methoxy groups -OCH3 is 3. The van der Waals surface area contributed by atoms with Gasteiger partial charge in [-0.25, -0.2) is 0 Å². The van der Waals surface area contributed by atoms with Crippen molar-refractivity contribution in [3.05, 3.63) is 53.1 Å². The van der Waals surface area contributed by atoms with Gasteiger partial charge in [-0.3, -0.25) is 0 Å². The van der Waals surface area contributed by atoms with Gasteiger partial charge >= 0.3 is 0 Å². The van der Waals surface area contributed by atoms with Crippen LogP contribution in [0.1, 0.15) is 29.5 Å². The predicted octanol–water partition coefficient (Wildman–Crippen LogP) is 3.77. The molecule has 0 heterocycles. The summed E-state index contributed by atoms with van der Waals surface area (Å²) >= 11 is 0. The van der Waals surface area contributed by atoms with Crippen LogP contribution in [-0.2, 0) is 19.4 Å². The molecule has 0 spiro atoms. The Balaban J connectivity index is 2.00. The fourth-order valence-corrected chi connectivity index (χ4v) is 2.91. The van der Waals surface area contributed by atoms with Crippen LogP contribution in [0.25, 0.3) is 0 Å². The summed E-state index contributed by atoms with van der Waals surface area (Å²) in [6, 6.07) is 11.9. The molecular weight excluding hydrogens is 304 g/mol. The minimum absolute atomic E-state index is 0.00553. The Morgan fingerprint density at radius 3 is 2.33 bits per heavy atom. The fourth-order valence-electron chi connectivity index (χ4n) is 2.91. The number of hydrogen-bond acceptors (Lipinski definition) is 4. The summed E-state index contributed by atoms with van der Waals surface area (Å²) in [5.74, 6) is 2.33. The van der Waals surface area contributed by atoms with Crippen molar-refractivity contribution in [3.63, 3.8) is 0 Å². The quantitative estimate of drug-likeness (QED) is 0.711. The van der Waals surface area contributed by atoms with Crippen LogP contribution in [0.5, 0.6) is 17.2 Å². The monoisotopic (exact) mass is 330 g/mol. The Kier molecular flexibility index (Phi) is 6.94. The highest BCUT2D eigenvalue weighted by Gasteiger charge is 2.14. The lowest BCUT2D eigenvalue weighted by molar-refractivity contribution is 0.278. The molecule has 2 rings (SSSR count). The highest BCUT2D eigenvalue weighted by Crippen LogP contribution is 2.34. The summed E-state index contributed by atoms with van der Waals surface area (Å²) in [5, 5.41) is 9.58. The summed E-state index contributed by atoms with van der Waals surface area (Å²) in [7, 11) is 4.95. The van der Waals surface area contributed by atoms with Gasteiger partial charge in [-0.15, -0.1) is 0 Å². The largest absolute Gasteiger partial charge is 0.497 e. The Labute approximate surface area is 144 Å². The number of rotatable bonds is 9. The molecule has 0 radical (unpaired) electrons. The number of ether oxygens (including phenoxy) is 3. The topological polar surface area (TPSA) is 47.9 Å². The van der Waals surface area contributed by atoms with Crippen molar-refractivity contribution in [2.45, 2.75) is 32.3 Å². The van der Waals surface area contributed by atoms with Gasteiger partial charge in [0.25, 0.3) is 0 Å². The van der Waals surface area contributed by atoms with E-state index in [1.165, 1.54) is 5.56 Å². The zero-order valence-corrected chi connectivity index (χ0v) is 14.7. The van der Waals surface area contributed by atoms with Crippen LogP contribution < -0.4 is 14.2 Å². The first-order chi connectivity index (χ1) is 11.7. The lowest BCUT2D eigenvalue weighted by atomic mass is 9.98. The van der Waals surface area contributed by atoms with Crippen LogP contribution in [0.3, 0.4) is 0 Å². The van der Waals surface area contributed by atoms with Crippen molar-refractivity contribution in [1.29, 1.82) is 0 Å². The first-order valence-corrected chi connectivity index (χ1v) is 8.20. The molecule has 0 saturated carbocycles. The second-order valence-corrected chi connectivity index (χ2v) is 5.66. The molecular formula is C20H26O4. The SMILES string of the molecule is COc1cccc(CCCCc2c(CO)ccc(OC)c2OC)c1. The number of benzene rings is 2. The van der Waals surface area contributed by atoms with Gasteiger partial charge in [-0.05, 0) is 55.0 Å². The third-order valence-electron chi connectivity index (χ3n) is 4.19. The van der Waals surface area contributed by atoms with Crippen molar-refractivity contribution in [2.24, 2.45) is 0 Å². The van der Waals surface area contributed by atoms with E-state index < -0.39 is 0 Å². The van der Waals surface area contributed by atoms with Crippen molar-refractivity contribution >= 4 is 0 Å². The van der Waals surface area contributed by atoms with Crippen LogP contribution in [0.4, 0.5) is 0 Å². The molecule has 24 heavy (non-hydrogen) atoms. The van der Waals surface area contributed by atoms with Gasteiger partial charge in [0.2, 0.25) is 0 Å². The Morgan fingerprint density at radius 1 is 0.875 bits per heavy atom. The molecule has 2 aromatic carbocycles. The van der Waals surface area contributed by atoms with Crippen LogP contribution in [0.2, 0.25) is 0 Å². The summed E-state index contributed by atoms with van der Waals surface area (Å²) < 4.78 is 16.1. The number of unbranched alkanes of at least 4 members (excludes halogenated alkanes) is 1. The molecule has 0 atom stereocenters. The second kappa shape index (κ2) is 9.18. The van der Waals surface area contributed by atoms with Crippen molar-refractivity contribution in [3.8, 4) is 17.2 Å². The third-order valence-corrected chi connectivity index (χ3v) is 4.19. The molecule has 0 aromatic heterocycles. The summed E-state index contributed by atoms with van der Waals surface area (Å²) in [5.41, 5.74) is 3.20. The van der Waals surface area contributed by atoms with E-state index in [2.05, 4.69) is 12.1 Å². The van der Waals surface area contributed by atoms with Gasteiger partial charge in [0.1, 0.15) is 5.75 Å². The highest BCUT2D eigenvalue weighted by atomic mass is 16.5. The first kappa shape index (κ1) is 18.1. The predicted molar refractivity (Wildman–Crippen MR) is 95.1 cm³/mol. The van der Waals surface area contributed by atoms with Crippen LogP contribution in [0, 0.1) is 0 Å². The number of aliphatic hydroxyl groups is 1. The molecule has 130 valence electrons. The van der Waals surface area contributed by atoms with Crippen molar-refractivity contribution < 1.29 is 19.3 Å². The van der Waals surface area contributed by atoms with Gasteiger partial charge in [-0.2, -0.15) is 0 Å². The maximum atomic E-state index is 9.58. The average molecular weight is 330 g/mol. The smallest absolute Gasteiger partial charge is 0.164 e. The molecule has 0 bridgehead atoms. The highest BCUT2D eigenvalue weighted by molar-refractivity contribution is 5.50. The number of aryl methyl sites for hydroxylation is 1. The molecule has 0 aliphatic carbocycles. The Bertz CT molecular complexity index is 652. The van der Waals surface area contributed by atoms with Crippen LogP contribution in [0.15, 0.2) is 36.4 Å². The van der Waals surface area contributed by atoms with E-state index in [0.29, 0.717) is 5.75 Å². The van der Waals surface area contributed by atoms with Gasteiger partial charge < -0.3 is 19.3 Å². The van der Waals surface area contributed by atoms with Crippen molar-refractivity contribution in [2.75, 3.05) is 21.3 Å². The van der Waals surface area contributed by atoms with Gasteiger partial charge in [-0.1, -0.05) is 18.2 Å². The van der Waals surface area contributed by atoms with Gasteiger partial charge in [0.15, 0.2) is 11.5 Å². The van der Waals surface area contributed by atoms with Gasteiger partial charge in [0, 0.05) is 5.56 Å². The minimum Gasteiger partial charge on any atom is -0.497 e. The second-order valence-electron chi connectivity index (χ2n) is 5.66. The average Bonchev–Trinajstić information content (AvgIpc) is 2.64. The molecule has 0 unspecified atom stereocenters. The summed E-state index contributed by atoms with van der Waals surface area (Å²) in [6.45, 7) is 0.00553. The summed E-state index contributed by atoms with van der Waals surface area (Å²) in [6.07, 6.45) is 3.91. The minimum atomic E-state index is 0.00553. The standard InChI is InChI=1S/C20H26O4/c1-22-17-9-6-8-15(13-17)7-4-5-10-18-16(14-21)11-12-19(23-2)20(18)24-3/h6,8-9,11-13,21H,4-5,7,10,14H2,1-3H3. The Morgan fingerprint density at radius 2 is 1.67 bits per heavy atom. The van der Waals surface area contributed by atoms with E-state index >= 15 is 0 Å². The van der Waals surface area contributed by atoms with Crippen molar-refractivity contribution in [1.82, 2.24) is 0 Å². The van der Waals surface area contributed by atoms with E-state index in [1.807, 2.05) is 24.3 Å². The molecule has 4 heteroatoms. The Hall–Kier alpha value is -2.20. The van der Waals surface area contributed by atoms with Crippen LogP contribution in [-0.4, -0.2) is 26.4 Å². The molecule has 1 N–H and O–H groups in total. The number of hydrogen-bond donors (Lipinski definition) is 1. The first-order valence-electron chi connectivity index (χ1n) is 8.20. The zero-order valence-electron chi connectivity index (χ0n) is 14.7. The van der Waals surface area contributed by atoms with E-state index in [0.717, 1.165) is 48.3 Å². The molecule has 4 nitrogen and oxygen atoms in total. The fraction of sp³-hybridized carbons (Fsp3) is 0.400. The van der Waals surface area contributed by atoms with Crippen LogP contribution >= 0.6 is 0 Å². The van der Waals surface area contributed by atoms with E-state index in [1.54, 1.807) is 21.3 Å². The maximum Gasteiger partial charge on any atom is 0.164 e. The molecule has 2 aromatic rings. The molecule has 0 saturated heterocycles. The summed E-state index contributed by atoms with van der Waals surface area (Å²) in [4.78, 5) is 0. The lowest BCUT2D eigenvalue weighted by Gasteiger charge is -2.16. The van der Waals surface area contributed by atoms with E-state index in [9.17, 15) is 5.11 Å². The number of aliphatic hydroxyl groups excluding tert-OH is 1. The normalized spacial score (nSPS) is 10.5.